The highest BCUT2D eigenvalue weighted by molar-refractivity contribution is 6.11. The molecule has 8 nitrogen and oxygen atoms in total. The van der Waals surface area contributed by atoms with Crippen molar-refractivity contribution in [3.05, 3.63) is 60.4 Å². The first-order chi connectivity index (χ1) is 17.7. The summed E-state index contributed by atoms with van der Waals surface area (Å²) >= 11 is 0. The number of pyridine rings is 1. The number of aryl methyl sites for hydroxylation is 1. The zero-order chi connectivity index (χ0) is 24.5. The lowest BCUT2D eigenvalue weighted by atomic mass is 9.96. The van der Waals surface area contributed by atoms with E-state index in [-0.39, 0.29) is 11.7 Å². The lowest BCUT2D eigenvalue weighted by Gasteiger charge is -2.30. The molecule has 0 radical (unpaired) electrons. The average Bonchev–Trinajstić information content (AvgIpc) is 3.54. The molecule has 0 spiro atoms. The predicted octanol–water partition coefficient (Wildman–Crippen LogP) is 4.96. The van der Waals surface area contributed by atoms with Crippen LogP contribution in [0.15, 0.2) is 53.4 Å². The highest BCUT2D eigenvalue weighted by Gasteiger charge is 2.32. The van der Waals surface area contributed by atoms with Gasteiger partial charge in [0.25, 0.3) is 0 Å². The lowest BCUT2D eigenvalue weighted by molar-refractivity contribution is 0.0969. The Morgan fingerprint density at radius 3 is 2.64 bits per heavy atom. The van der Waals surface area contributed by atoms with Crippen LogP contribution < -0.4 is 4.74 Å². The molecular weight excluding hydrogens is 454 g/mol. The van der Waals surface area contributed by atoms with Crippen molar-refractivity contribution in [2.45, 2.75) is 44.6 Å². The number of methoxy groups -OCH3 is 1. The summed E-state index contributed by atoms with van der Waals surface area (Å²) in [5.41, 5.74) is 2.80. The summed E-state index contributed by atoms with van der Waals surface area (Å²) in [6, 6.07) is 9.79. The monoisotopic (exact) mass is 485 g/mol. The summed E-state index contributed by atoms with van der Waals surface area (Å²) in [7, 11) is 1.70. The van der Waals surface area contributed by atoms with Gasteiger partial charge in [-0.2, -0.15) is 4.98 Å². The number of Topliss-reactive ketones (excluding diaryl/α,β-unsaturated/α-hetero) is 1. The van der Waals surface area contributed by atoms with E-state index in [9.17, 15) is 4.79 Å². The van der Waals surface area contributed by atoms with Gasteiger partial charge in [0.05, 0.1) is 12.6 Å². The third-order valence-corrected chi connectivity index (χ3v) is 7.49. The van der Waals surface area contributed by atoms with Crippen LogP contribution in [-0.2, 0) is 6.54 Å². The highest BCUT2D eigenvalue weighted by Crippen LogP contribution is 2.37. The second-order valence-electron chi connectivity index (χ2n) is 9.89. The molecule has 186 valence electrons. The normalized spacial score (nSPS) is 17.0. The van der Waals surface area contributed by atoms with E-state index in [0.29, 0.717) is 11.7 Å². The number of fused-ring (bicyclic) bond motifs is 1. The number of carbonyl (C=O) groups is 1. The van der Waals surface area contributed by atoms with Crippen molar-refractivity contribution in [3.63, 3.8) is 0 Å². The Morgan fingerprint density at radius 1 is 1.08 bits per heavy atom. The minimum atomic E-state index is 0.205. The van der Waals surface area contributed by atoms with Crippen molar-refractivity contribution in [3.8, 4) is 17.1 Å². The van der Waals surface area contributed by atoms with E-state index in [1.54, 1.807) is 19.5 Å². The van der Waals surface area contributed by atoms with Crippen LogP contribution in [0.5, 0.6) is 5.75 Å². The fourth-order valence-corrected chi connectivity index (χ4v) is 5.32. The predicted molar refractivity (Wildman–Crippen MR) is 136 cm³/mol. The SMILES string of the molecule is COc1cccc2c(C(=O)C3CC3)cn(CCCN3CCC(c4nc(-c5ccncc5)no4)CC3)c12. The molecule has 6 rings (SSSR count). The smallest absolute Gasteiger partial charge is 0.230 e. The Hall–Kier alpha value is -3.52. The molecule has 8 heteroatoms. The maximum atomic E-state index is 12.9. The van der Waals surface area contributed by atoms with E-state index >= 15 is 0 Å². The van der Waals surface area contributed by atoms with Crippen LogP contribution in [-0.4, -0.2) is 57.1 Å². The molecule has 3 aromatic heterocycles. The van der Waals surface area contributed by atoms with Gasteiger partial charge in [-0.3, -0.25) is 9.78 Å². The molecule has 36 heavy (non-hydrogen) atoms. The minimum absolute atomic E-state index is 0.205. The van der Waals surface area contributed by atoms with Gasteiger partial charge in [0.15, 0.2) is 5.78 Å². The van der Waals surface area contributed by atoms with E-state index in [1.165, 1.54) is 0 Å². The van der Waals surface area contributed by atoms with Crippen molar-refractivity contribution >= 4 is 16.7 Å². The summed E-state index contributed by atoms with van der Waals surface area (Å²) < 4.78 is 13.5. The molecule has 2 aliphatic rings. The number of nitrogens with zero attached hydrogens (tertiary/aromatic N) is 5. The number of hydrogen-bond donors (Lipinski definition) is 0. The molecule has 0 unspecified atom stereocenters. The Bertz CT molecular complexity index is 1350. The van der Waals surface area contributed by atoms with Crippen molar-refractivity contribution in [1.82, 2.24) is 24.6 Å². The summed E-state index contributed by atoms with van der Waals surface area (Å²) in [5, 5.41) is 5.18. The molecule has 1 saturated carbocycles. The summed E-state index contributed by atoms with van der Waals surface area (Å²) in [4.78, 5) is 24.1. The van der Waals surface area contributed by atoms with Crippen LogP contribution >= 0.6 is 0 Å². The molecule has 0 atom stereocenters. The van der Waals surface area contributed by atoms with Crippen molar-refractivity contribution < 1.29 is 14.1 Å². The number of likely N-dealkylation sites (tertiary alicyclic amines) is 1. The second-order valence-corrected chi connectivity index (χ2v) is 9.89. The number of ether oxygens (including phenoxy) is 1. The van der Waals surface area contributed by atoms with E-state index < -0.39 is 0 Å². The fourth-order valence-electron chi connectivity index (χ4n) is 5.32. The molecule has 4 heterocycles. The molecule has 1 aliphatic heterocycles. The second kappa shape index (κ2) is 9.85. The van der Waals surface area contributed by atoms with Gasteiger partial charge in [0.1, 0.15) is 5.75 Å². The quantitative estimate of drug-likeness (QED) is 0.310. The van der Waals surface area contributed by atoms with Gasteiger partial charge in [-0.25, -0.2) is 0 Å². The van der Waals surface area contributed by atoms with Gasteiger partial charge in [-0.1, -0.05) is 17.3 Å². The zero-order valence-corrected chi connectivity index (χ0v) is 20.6. The Morgan fingerprint density at radius 2 is 1.89 bits per heavy atom. The van der Waals surface area contributed by atoms with Crippen LogP contribution in [0.3, 0.4) is 0 Å². The van der Waals surface area contributed by atoms with Crippen molar-refractivity contribution in [2.24, 2.45) is 5.92 Å². The topological polar surface area (TPSA) is 86.3 Å². The van der Waals surface area contributed by atoms with E-state index in [4.69, 9.17) is 9.26 Å². The first-order valence-corrected chi connectivity index (χ1v) is 12.9. The number of hydrogen-bond acceptors (Lipinski definition) is 7. The number of aromatic nitrogens is 4. The van der Waals surface area contributed by atoms with E-state index in [2.05, 4.69) is 30.8 Å². The molecule has 1 aliphatic carbocycles. The average molecular weight is 486 g/mol. The van der Waals surface area contributed by atoms with Gasteiger partial charge < -0.3 is 18.7 Å². The number of ketones is 1. The van der Waals surface area contributed by atoms with Gasteiger partial charge in [-0.15, -0.1) is 0 Å². The maximum Gasteiger partial charge on any atom is 0.230 e. The fraction of sp³-hybridized carbons (Fsp3) is 0.429. The number of para-hydroxylation sites is 1. The van der Waals surface area contributed by atoms with Crippen molar-refractivity contribution in [2.75, 3.05) is 26.7 Å². The molecule has 2 fully saturated rings. The van der Waals surface area contributed by atoms with Gasteiger partial charge in [0, 0.05) is 53.5 Å². The molecule has 4 aromatic rings. The van der Waals surface area contributed by atoms with Crippen LogP contribution in [0.25, 0.3) is 22.3 Å². The first kappa shape index (κ1) is 22.9. The largest absolute Gasteiger partial charge is 0.495 e. The Labute approximate surface area is 210 Å². The maximum absolute atomic E-state index is 12.9. The number of rotatable bonds is 9. The first-order valence-electron chi connectivity index (χ1n) is 12.9. The standard InChI is InChI=1S/C28H31N5O3/c1-35-24-5-2-4-22-23(26(34)19-6-7-19)18-33(25(22)24)15-3-14-32-16-10-21(11-17-32)28-30-27(31-36-28)20-8-12-29-13-9-20/h2,4-5,8-9,12-13,18-19,21H,3,6-7,10-11,14-17H2,1H3. The summed E-state index contributed by atoms with van der Waals surface area (Å²) in [6.45, 7) is 3.89. The number of carbonyl (C=O) groups excluding carboxylic acids is 1. The molecule has 1 aromatic carbocycles. The number of piperidine rings is 1. The van der Waals surface area contributed by atoms with Gasteiger partial charge >= 0.3 is 0 Å². The van der Waals surface area contributed by atoms with Crippen LogP contribution in [0.4, 0.5) is 0 Å². The van der Waals surface area contributed by atoms with E-state index in [0.717, 1.165) is 92.0 Å². The van der Waals surface area contributed by atoms with Crippen LogP contribution in [0, 0.1) is 5.92 Å². The van der Waals surface area contributed by atoms with Crippen LogP contribution in [0.1, 0.15) is 54.3 Å². The Balaban J connectivity index is 1.07. The van der Waals surface area contributed by atoms with E-state index in [1.807, 2.05) is 30.3 Å². The van der Waals surface area contributed by atoms with Gasteiger partial charge in [0.2, 0.25) is 11.7 Å². The lowest BCUT2D eigenvalue weighted by Crippen LogP contribution is -2.34. The minimum Gasteiger partial charge on any atom is -0.495 e. The molecular formula is C28H31N5O3. The molecule has 1 saturated heterocycles. The van der Waals surface area contributed by atoms with Crippen molar-refractivity contribution in [1.29, 1.82) is 0 Å². The summed E-state index contributed by atoms with van der Waals surface area (Å²) in [6.07, 6.45) is 10.6. The molecule has 0 bridgehead atoms. The number of benzene rings is 1. The van der Waals surface area contributed by atoms with Gasteiger partial charge in [-0.05, 0) is 69.9 Å². The third-order valence-electron chi connectivity index (χ3n) is 7.49. The third kappa shape index (κ3) is 4.53. The van der Waals surface area contributed by atoms with Crippen LogP contribution in [0.2, 0.25) is 0 Å². The summed E-state index contributed by atoms with van der Waals surface area (Å²) in [5.74, 6) is 2.98. The zero-order valence-electron chi connectivity index (χ0n) is 20.6. The molecule has 0 N–H and O–H groups in total. The highest BCUT2D eigenvalue weighted by atomic mass is 16.5. The Kier molecular flexibility index (Phi) is 6.27. The molecule has 0 amide bonds.